The Hall–Kier alpha value is -1.84. The van der Waals surface area contributed by atoms with Crippen molar-refractivity contribution in [2.24, 2.45) is 5.92 Å². The van der Waals surface area contributed by atoms with Crippen molar-refractivity contribution in [2.75, 3.05) is 6.54 Å². The van der Waals surface area contributed by atoms with E-state index in [2.05, 4.69) is 5.32 Å². The molecule has 0 spiro atoms. The molecule has 1 aromatic carbocycles. The lowest BCUT2D eigenvalue weighted by molar-refractivity contribution is -0.157. The number of carbonyl (C=O) groups is 2. The molecule has 1 heterocycles. The minimum absolute atomic E-state index is 0.0118. The highest BCUT2D eigenvalue weighted by molar-refractivity contribution is 5.99. The summed E-state index contributed by atoms with van der Waals surface area (Å²) in [6, 6.07) is 8.93. The minimum Gasteiger partial charge on any atom is -0.338 e. The number of nitrogens with zero attached hydrogens (tertiary/aromatic N) is 1. The lowest BCUT2D eigenvalue weighted by atomic mass is 9.82. The SMILES string of the molecule is CC1(C)C(=O)NC(c2ccccc2)C(=O)N1CC1CCC1. The predicted octanol–water partition coefficient (Wildman–Crippen LogP) is 2.26. The van der Waals surface area contributed by atoms with Crippen molar-refractivity contribution in [3.63, 3.8) is 0 Å². The first-order chi connectivity index (χ1) is 10.00. The fourth-order valence-corrected chi connectivity index (χ4v) is 3.05. The topological polar surface area (TPSA) is 49.4 Å². The Morgan fingerprint density at radius 3 is 2.43 bits per heavy atom. The molecule has 0 radical (unpaired) electrons. The molecule has 0 aromatic heterocycles. The molecule has 2 aliphatic rings. The number of nitrogens with one attached hydrogen (secondary N) is 1. The van der Waals surface area contributed by atoms with Crippen molar-refractivity contribution in [1.82, 2.24) is 10.2 Å². The van der Waals surface area contributed by atoms with E-state index < -0.39 is 11.6 Å². The number of benzene rings is 1. The smallest absolute Gasteiger partial charge is 0.250 e. The molecule has 21 heavy (non-hydrogen) atoms. The van der Waals surface area contributed by atoms with Gasteiger partial charge in [0.25, 0.3) is 5.91 Å². The van der Waals surface area contributed by atoms with Crippen LogP contribution in [0, 0.1) is 5.92 Å². The van der Waals surface area contributed by atoms with Crippen LogP contribution in [0.1, 0.15) is 44.7 Å². The average molecular weight is 286 g/mol. The van der Waals surface area contributed by atoms with Gasteiger partial charge in [0.05, 0.1) is 0 Å². The first-order valence-electron chi connectivity index (χ1n) is 7.67. The molecule has 1 unspecified atom stereocenters. The third kappa shape index (κ3) is 2.43. The van der Waals surface area contributed by atoms with Crippen molar-refractivity contribution in [1.29, 1.82) is 0 Å². The molecule has 112 valence electrons. The number of hydrogen-bond acceptors (Lipinski definition) is 2. The Bertz CT molecular complexity index is 549. The molecule has 0 bridgehead atoms. The van der Waals surface area contributed by atoms with Crippen molar-refractivity contribution in [2.45, 2.75) is 44.7 Å². The number of carbonyl (C=O) groups excluding carboxylic acids is 2. The van der Waals surface area contributed by atoms with Crippen LogP contribution in [-0.4, -0.2) is 28.8 Å². The molecule has 2 fully saturated rings. The Kier molecular flexibility index (Phi) is 3.47. The molecule has 1 N–H and O–H groups in total. The summed E-state index contributed by atoms with van der Waals surface area (Å²) in [4.78, 5) is 27.1. The molecule has 1 aliphatic carbocycles. The van der Waals surface area contributed by atoms with Crippen LogP contribution in [0.25, 0.3) is 0 Å². The fourth-order valence-electron chi connectivity index (χ4n) is 3.05. The maximum atomic E-state index is 12.9. The largest absolute Gasteiger partial charge is 0.338 e. The molecule has 1 saturated carbocycles. The second-order valence-corrected chi connectivity index (χ2v) is 6.62. The van der Waals surface area contributed by atoms with E-state index in [0.29, 0.717) is 12.5 Å². The number of amides is 2. The summed E-state index contributed by atoms with van der Waals surface area (Å²) >= 11 is 0. The lowest BCUT2D eigenvalue weighted by Crippen LogP contribution is -2.66. The summed E-state index contributed by atoms with van der Waals surface area (Å²) < 4.78 is 0. The fraction of sp³-hybridized carbons (Fsp3) is 0.529. The lowest BCUT2D eigenvalue weighted by Gasteiger charge is -2.46. The Labute approximate surface area is 125 Å². The quantitative estimate of drug-likeness (QED) is 0.926. The molecule has 4 heteroatoms. The Morgan fingerprint density at radius 1 is 1.19 bits per heavy atom. The van der Waals surface area contributed by atoms with Gasteiger partial charge in [-0.1, -0.05) is 36.8 Å². The van der Waals surface area contributed by atoms with E-state index in [4.69, 9.17) is 0 Å². The Morgan fingerprint density at radius 2 is 1.86 bits per heavy atom. The zero-order chi connectivity index (χ0) is 15.0. The van der Waals surface area contributed by atoms with Crippen molar-refractivity contribution in [3.05, 3.63) is 35.9 Å². The van der Waals surface area contributed by atoms with Gasteiger partial charge in [0.2, 0.25) is 5.91 Å². The van der Waals surface area contributed by atoms with Gasteiger partial charge >= 0.3 is 0 Å². The first-order valence-corrected chi connectivity index (χ1v) is 7.67. The number of hydrogen-bond donors (Lipinski definition) is 1. The van der Waals surface area contributed by atoms with Gasteiger partial charge in [0.15, 0.2) is 0 Å². The first kappa shape index (κ1) is 14.1. The summed E-state index contributed by atoms with van der Waals surface area (Å²) in [5.41, 5.74) is 0.0859. The summed E-state index contributed by atoms with van der Waals surface area (Å²) in [6.45, 7) is 4.36. The van der Waals surface area contributed by atoms with Crippen molar-refractivity contribution in [3.8, 4) is 0 Å². The van der Waals surface area contributed by atoms with Gasteiger partial charge in [0.1, 0.15) is 11.6 Å². The van der Waals surface area contributed by atoms with E-state index in [1.807, 2.05) is 44.2 Å². The molecular weight excluding hydrogens is 264 g/mol. The number of rotatable bonds is 3. The molecule has 1 saturated heterocycles. The maximum absolute atomic E-state index is 12.9. The molecule has 1 atom stereocenters. The third-order valence-electron chi connectivity index (χ3n) is 4.82. The molecule has 4 nitrogen and oxygen atoms in total. The molecule has 2 amide bonds. The minimum atomic E-state index is -0.766. The van der Waals surface area contributed by atoms with Crippen LogP contribution in [0.3, 0.4) is 0 Å². The molecule has 3 rings (SSSR count). The van der Waals surface area contributed by atoms with E-state index in [-0.39, 0.29) is 11.8 Å². The predicted molar refractivity (Wildman–Crippen MR) is 80.5 cm³/mol. The van der Waals surface area contributed by atoms with Crippen LogP contribution in [-0.2, 0) is 9.59 Å². The van der Waals surface area contributed by atoms with Crippen LogP contribution >= 0.6 is 0 Å². The maximum Gasteiger partial charge on any atom is 0.250 e. The second kappa shape index (κ2) is 5.17. The second-order valence-electron chi connectivity index (χ2n) is 6.62. The van der Waals surface area contributed by atoms with Gasteiger partial charge in [-0.15, -0.1) is 0 Å². The molecular formula is C17H22N2O2. The zero-order valence-corrected chi connectivity index (χ0v) is 12.6. The standard InChI is InChI=1S/C17H22N2O2/c1-17(2)16(21)18-14(13-9-4-3-5-10-13)15(20)19(17)11-12-7-6-8-12/h3-5,9-10,12,14H,6-8,11H2,1-2H3,(H,18,21). The highest BCUT2D eigenvalue weighted by Crippen LogP contribution is 2.33. The van der Waals surface area contributed by atoms with E-state index in [0.717, 1.165) is 18.4 Å². The van der Waals surface area contributed by atoms with Crippen LogP contribution in [0.2, 0.25) is 0 Å². The molecule has 1 aromatic rings. The normalized spacial score (nSPS) is 25.4. The molecule has 1 aliphatic heterocycles. The number of piperazine rings is 1. The van der Waals surface area contributed by atoms with Gasteiger partial charge in [-0.2, -0.15) is 0 Å². The monoisotopic (exact) mass is 286 g/mol. The zero-order valence-electron chi connectivity index (χ0n) is 12.6. The average Bonchev–Trinajstić information content (AvgIpc) is 2.42. The Balaban J connectivity index is 1.88. The van der Waals surface area contributed by atoms with Crippen LogP contribution in [0.5, 0.6) is 0 Å². The highest BCUT2D eigenvalue weighted by atomic mass is 16.2. The van der Waals surface area contributed by atoms with E-state index in [9.17, 15) is 9.59 Å². The van der Waals surface area contributed by atoms with E-state index in [1.165, 1.54) is 6.42 Å². The summed E-state index contributed by atoms with van der Waals surface area (Å²) in [6.07, 6.45) is 3.57. The summed E-state index contributed by atoms with van der Waals surface area (Å²) in [5, 5.41) is 2.88. The van der Waals surface area contributed by atoms with Crippen molar-refractivity contribution < 1.29 is 9.59 Å². The van der Waals surface area contributed by atoms with E-state index >= 15 is 0 Å². The van der Waals surface area contributed by atoms with Crippen LogP contribution in [0.4, 0.5) is 0 Å². The third-order valence-corrected chi connectivity index (χ3v) is 4.82. The van der Waals surface area contributed by atoms with Crippen LogP contribution < -0.4 is 5.32 Å². The van der Waals surface area contributed by atoms with Gasteiger partial charge in [0, 0.05) is 6.54 Å². The summed E-state index contributed by atoms with van der Waals surface area (Å²) in [5.74, 6) is 0.489. The highest BCUT2D eigenvalue weighted by Gasteiger charge is 2.47. The van der Waals surface area contributed by atoms with Gasteiger partial charge < -0.3 is 10.2 Å². The van der Waals surface area contributed by atoms with Crippen molar-refractivity contribution >= 4 is 11.8 Å². The summed E-state index contributed by atoms with van der Waals surface area (Å²) in [7, 11) is 0. The van der Waals surface area contributed by atoms with Gasteiger partial charge in [-0.3, -0.25) is 9.59 Å². The van der Waals surface area contributed by atoms with Crippen LogP contribution in [0.15, 0.2) is 30.3 Å². The van der Waals surface area contributed by atoms with E-state index in [1.54, 1.807) is 4.90 Å². The van der Waals surface area contributed by atoms with Gasteiger partial charge in [-0.25, -0.2) is 0 Å². The van der Waals surface area contributed by atoms with Gasteiger partial charge in [-0.05, 0) is 38.2 Å².